The Balaban J connectivity index is 2.14. The van der Waals surface area contributed by atoms with Gasteiger partial charge in [0.2, 0.25) is 0 Å². The first-order chi connectivity index (χ1) is 8.72. The van der Waals surface area contributed by atoms with Gasteiger partial charge in [0.05, 0.1) is 25.9 Å². The van der Waals surface area contributed by atoms with E-state index in [0.29, 0.717) is 19.0 Å². The molecule has 1 atom stereocenters. The fraction of sp³-hybridized carbons (Fsp3) is 0.917. The first-order valence-corrected chi connectivity index (χ1v) is 6.74. The molecule has 1 aliphatic heterocycles. The lowest BCUT2D eigenvalue weighted by atomic mass is 10.3. The lowest BCUT2D eigenvalue weighted by molar-refractivity contribution is 0.0165. The van der Waals surface area contributed by atoms with Crippen molar-refractivity contribution in [1.29, 1.82) is 0 Å². The molecule has 106 valence electrons. The van der Waals surface area contributed by atoms with Gasteiger partial charge in [-0.3, -0.25) is 9.89 Å². The zero-order chi connectivity index (χ0) is 13.2. The van der Waals surface area contributed by atoms with Gasteiger partial charge < -0.3 is 20.9 Å². The van der Waals surface area contributed by atoms with Gasteiger partial charge in [-0.1, -0.05) is 13.3 Å². The number of aliphatic imine (C=N–C) groups is 1. The third-order valence-electron chi connectivity index (χ3n) is 2.88. The average Bonchev–Trinajstić information content (AvgIpc) is 2.38. The first-order valence-electron chi connectivity index (χ1n) is 6.74. The summed E-state index contributed by atoms with van der Waals surface area (Å²) in [7, 11) is 0. The minimum Gasteiger partial charge on any atom is -0.390 e. The van der Waals surface area contributed by atoms with Gasteiger partial charge in [-0.25, -0.2) is 0 Å². The number of nitrogens with zero attached hydrogens (tertiary/aromatic N) is 2. The number of rotatable bonds is 7. The fourth-order valence-corrected chi connectivity index (χ4v) is 1.79. The monoisotopic (exact) mass is 258 g/mol. The van der Waals surface area contributed by atoms with Crippen LogP contribution in [0.2, 0.25) is 0 Å². The molecule has 0 radical (unpaired) electrons. The number of morpholine rings is 1. The third kappa shape index (κ3) is 6.78. The summed E-state index contributed by atoms with van der Waals surface area (Å²) >= 11 is 0. The molecule has 0 amide bonds. The molecule has 0 bridgehead atoms. The zero-order valence-electron chi connectivity index (χ0n) is 11.3. The molecule has 0 spiro atoms. The van der Waals surface area contributed by atoms with Crippen LogP contribution in [0.1, 0.15) is 19.8 Å². The molecule has 0 aliphatic carbocycles. The molecule has 0 aromatic rings. The van der Waals surface area contributed by atoms with E-state index in [-0.39, 0.29) is 0 Å². The standard InChI is InChI=1S/C12H26N4O2/c1-2-3-4-14-12(13)15-9-11(17)10-16-5-7-18-8-6-16/h11,17H,2-10H2,1H3,(H3,13,14,15). The van der Waals surface area contributed by atoms with Crippen molar-refractivity contribution in [2.75, 3.05) is 45.9 Å². The van der Waals surface area contributed by atoms with E-state index < -0.39 is 6.10 Å². The summed E-state index contributed by atoms with van der Waals surface area (Å²) in [6.07, 6.45) is 1.74. The van der Waals surface area contributed by atoms with Crippen LogP contribution < -0.4 is 11.1 Å². The molecule has 0 aromatic carbocycles. The molecule has 1 unspecified atom stereocenters. The Morgan fingerprint density at radius 1 is 1.50 bits per heavy atom. The number of aliphatic hydroxyl groups excluding tert-OH is 1. The molecule has 18 heavy (non-hydrogen) atoms. The lowest BCUT2D eigenvalue weighted by Crippen LogP contribution is -2.42. The van der Waals surface area contributed by atoms with E-state index in [1.165, 1.54) is 0 Å². The molecule has 0 aromatic heterocycles. The van der Waals surface area contributed by atoms with Crippen molar-refractivity contribution in [2.45, 2.75) is 25.9 Å². The molecule has 6 heteroatoms. The predicted octanol–water partition coefficient (Wildman–Crippen LogP) is -0.616. The third-order valence-corrected chi connectivity index (χ3v) is 2.88. The summed E-state index contributed by atoms with van der Waals surface area (Å²) in [6, 6.07) is 0. The molecule has 1 aliphatic rings. The van der Waals surface area contributed by atoms with Gasteiger partial charge in [0, 0.05) is 26.2 Å². The maximum absolute atomic E-state index is 9.85. The maximum Gasteiger partial charge on any atom is 0.188 e. The second-order valence-electron chi connectivity index (χ2n) is 4.57. The number of nitrogens with two attached hydrogens (primary N) is 1. The summed E-state index contributed by atoms with van der Waals surface area (Å²) in [6.45, 7) is 7.20. The van der Waals surface area contributed by atoms with E-state index in [1.807, 2.05) is 0 Å². The van der Waals surface area contributed by atoms with Crippen LogP contribution in [0.25, 0.3) is 0 Å². The molecule has 1 heterocycles. The first kappa shape index (κ1) is 15.2. The van der Waals surface area contributed by atoms with Crippen LogP contribution >= 0.6 is 0 Å². The van der Waals surface area contributed by atoms with E-state index in [1.54, 1.807) is 0 Å². The maximum atomic E-state index is 9.85. The Morgan fingerprint density at radius 2 is 2.22 bits per heavy atom. The Bertz CT molecular complexity index is 242. The van der Waals surface area contributed by atoms with Gasteiger partial charge in [-0.15, -0.1) is 0 Å². The van der Waals surface area contributed by atoms with Gasteiger partial charge in [0.1, 0.15) is 0 Å². The Labute approximate surface area is 109 Å². The Hall–Kier alpha value is -0.850. The molecule has 6 nitrogen and oxygen atoms in total. The highest BCUT2D eigenvalue weighted by molar-refractivity contribution is 5.77. The number of guanidine groups is 1. The van der Waals surface area contributed by atoms with Gasteiger partial charge >= 0.3 is 0 Å². The molecule has 0 saturated carbocycles. The van der Waals surface area contributed by atoms with E-state index in [2.05, 4.69) is 22.1 Å². The van der Waals surface area contributed by atoms with Crippen LogP contribution in [0, 0.1) is 0 Å². The molecule has 1 saturated heterocycles. The normalized spacial score (nSPS) is 19.8. The van der Waals surface area contributed by atoms with Crippen molar-refractivity contribution in [3.05, 3.63) is 0 Å². The van der Waals surface area contributed by atoms with Crippen molar-refractivity contribution in [2.24, 2.45) is 10.7 Å². The summed E-state index contributed by atoms with van der Waals surface area (Å²) in [5, 5.41) is 12.9. The Kier molecular flexibility index (Phi) is 7.71. The highest BCUT2D eigenvalue weighted by atomic mass is 16.5. The van der Waals surface area contributed by atoms with Crippen molar-refractivity contribution in [3.8, 4) is 0 Å². The van der Waals surface area contributed by atoms with Crippen molar-refractivity contribution in [3.63, 3.8) is 0 Å². The number of nitrogens with one attached hydrogen (secondary N) is 1. The van der Waals surface area contributed by atoms with Crippen LogP contribution in [-0.2, 0) is 4.74 Å². The highest BCUT2D eigenvalue weighted by Gasteiger charge is 2.14. The number of ether oxygens (including phenoxy) is 1. The van der Waals surface area contributed by atoms with E-state index >= 15 is 0 Å². The van der Waals surface area contributed by atoms with Crippen LogP contribution in [0.5, 0.6) is 0 Å². The van der Waals surface area contributed by atoms with Gasteiger partial charge in [0.25, 0.3) is 0 Å². The molecular weight excluding hydrogens is 232 g/mol. The van der Waals surface area contributed by atoms with Gasteiger partial charge in [-0.2, -0.15) is 0 Å². The zero-order valence-corrected chi connectivity index (χ0v) is 11.3. The van der Waals surface area contributed by atoms with Gasteiger partial charge in [0.15, 0.2) is 5.96 Å². The predicted molar refractivity (Wildman–Crippen MR) is 72.7 cm³/mol. The molecule has 4 N–H and O–H groups in total. The van der Waals surface area contributed by atoms with E-state index in [4.69, 9.17) is 10.5 Å². The topological polar surface area (TPSA) is 83.1 Å². The number of β-amino-alcohol motifs (C(OH)–C–C–N with tert-alkyl or cyclic N) is 1. The minimum atomic E-state index is -0.463. The summed E-state index contributed by atoms with van der Waals surface area (Å²) < 4.78 is 5.25. The smallest absolute Gasteiger partial charge is 0.188 e. The number of unbranched alkanes of at least 4 members (excludes halogenated alkanes) is 1. The quantitative estimate of drug-likeness (QED) is 0.322. The highest BCUT2D eigenvalue weighted by Crippen LogP contribution is 1.98. The van der Waals surface area contributed by atoms with Crippen LogP contribution in [0.4, 0.5) is 0 Å². The van der Waals surface area contributed by atoms with E-state index in [0.717, 1.165) is 45.7 Å². The number of hydrogen-bond acceptors (Lipinski definition) is 4. The van der Waals surface area contributed by atoms with Gasteiger partial charge in [-0.05, 0) is 6.42 Å². The number of hydrogen-bond donors (Lipinski definition) is 3. The molecule has 1 fully saturated rings. The Morgan fingerprint density at radius 3 is 2.89 bits per heavy atom. The van der Waals surface area contributed by atoms with E-state index in [9.17, 15) is 5.11 Å². The fourth-order valence-electron chi connectivity index (χ4n) is 1.79. The number of aliphatic hydroxyl groups is 1. The van der Waals surface area contributed by atoms with Crippen molar-refractivity contribution < 1.29 is 9.84 Å². The van der Waals surface area contributed by atoms with Crippen LogP contribution in [-0.4, -0.2) is 68.0 Å². The van der Waals surface area contributed by atoms with Crippen LogP contribution in [0.3, 0.4) is 0 Å². The minimum absolute atomic E-state index is 0.350. The average molecular weight is 258 g/mol. The molecular formula is C12H26N4O2. The summed E-state index contributed by atoms with van der Waals surface area (Å²) in [5.41, 5.74) is 5.69. The van der Waals surface area contributed by atoms with Crippen LogP contribution in [0.15, 0.2) is 4.99 Å². The van der Waals surface area contributed by atoms with Crippen molar-refractivity contribution >= 4 is 5.96 Å². The summed E-state index contributed by atoms with van der Waals surface area (Å²) in [5.74, 6) is 0.421. The summed E-state index contributed by atoms with van der Waals surface area (Å²) in [4.78, 5) is 6.32. The van der Waals surface area contributed by atoms with Crippen molar-refractivity contribution in [1.82, 2.24) is 10.2 Å². The largest absolute Gasteiger partial charge is 0.390 e. The molecule has 1 rings (SSSR count). The second kappa shape index (κ2) is 9.13. The second-order valence-corrected chi connectivity index (χ2v) is 4.57. The SMILES string of the molecule is CCCCNC(N)=NCC(O)CN1CCOCC1. The lowest BCUT2D eigenvalue weighted by Gasteiger charge is -2.28.